The third-order valence-corrected chi connectivity index (χ3v) is 6.80. The second-order valence-electron chi connectivity index (χ2n) is 7.86. The van der Waals surface area contributed by atoms with Crippen LogP contribution in [0.5, 0.6) is 0 Å². The number of amides is 2. The van der Waals surface area contributed by atoms with Crippen LogP contribution in [-0.2, 0) is 11.3 Å². The predicted molar refractivity (Wildman–Crippen MR) is 123 cm³/mol. The molecule has 3 aromatic rings. The number of benzene rings is 2. The summed E-state index contributed by atoms with van der Waals surface area (Å²) in [7, 11) is 0. The lowest BCUT2D eigenvalue weighted by Crippen LogP contribution is -2.36. The van der Waals surface area contributed by atoms with E-state index in [1.807, 2.05) is 24.3 Å². The Morgan fingerprint density at radius 1 is 0.906 bits per heavy atom. The number of hydrogen-bond donors (Lipinski definition) is 0. The number of imide groups is 1. The summed E-state index contributed by atoms with van der Waals surface area (Å²) in [6.45, 7) is 4.37. The fourth-order valence-electron chi connectivity index (χ4n) is 4.07. The van der Waals surface area contributed by atoms with E-state index in [1.165, 1.54) is 4.90 Å². The highest BCUT2D eigenvalue weighted by molar-refractivity contribution is 7.99. The third-order valence-electron chi connectivity index (χ3n) is 5.73. The van der Waals surface area contributed by atoms with Gasteiger partial charge in [0.1, 0.15) is 10.9 Å². The van der Waals surface area contributed by atoms with Crippen molar-refractivity contribution in [2.75, 3.05) is 38.6 Å². The van der Waals surface area contributed by atoms with Crippen molar-refractivity contribution in [2.24, 2.45) is 0 Å². The molecule has 2 aliphatic heterocycles. The van der Waals surface area contributed by atoms with Crippen molar-refractivity contribution in [3.05, 3.63) is 65.5 Å². The van der Waals surface area contributed by atoms with Crippen LogP contribution >= 0.6 is 11.8 Å². The third kappa shape index (κ3) is 4.26. The number of para-hydroxylation sites is 1. The van der Waals surface area contributed by atoms with Crippen LogP contribution in [0.25, 0.3) is 10.9 Å². The Morgan fingerprint density at radius 2 is 1.59 bits per heavy atom. The molecule has 0 unspecified atom stereocenters. The highest BCUT2D eigenvalue weighted by Gasteiger charge is 2.34. The highest BCUT2D eigenvalue weighted by atomic mass is 32.2. The normalized spacial score (nSPS) is 16.7. The van der Waals surface area contributed by atoms with Crippen LogP contribution in [0.4, 0.5) is 0 Å². The lowest BCUT2D eigenvalue weighted by atomic mass is 10.1. The maximum atomic E-state index is 12.5. The Hall–Kier alpha value is -2.81. The molecule has 0 spiro atoms. The standard InChI is InChI=1S/C24H24N4O3S/c29-23-17-6-1-2-7-18(17)24(30)28(23)10-5-15-32-22-19-8-3-4-9-20(19)25-21(26-22)16-27-11-13-31-14-12-27/h1-4,6-9H,5,10-16H2. The molecule has 0 bridgehead atoms. The smallest absolute Gasteiger partial charge is 0.261 e. The van der Waals surface area contributed by atoms with Gasteiger partial charge in [-0.1, -0.05) is 30.3 Å². The maximum absolute atomic E-state index is 12.5. The fraction of sp³-hybridized carbons (Fsp3) is 0.333. The number of ether oxygens (including phenoxy) is 1. The Balaban J connectivity index is 1.25. The molecule has 0 radical (unpaired) electrons. The Kier molecular flexibility index (Phi) is 6.16. The van der Waals surface area contributed by atoms with Gasteiger partial charge in [0, 0.05) is 30.8 Å². The van der Waals surface area contributed by atoms with Crippen LogP contribution in [0.3, 0.4) is 0 Å². The molecule has 7 nitrogen and oxygen atoms in total. The number of aromatic nitrogens is 2. The topological polar surface area (TPSA) is 75.6 Å². The van der Waals surface area contributed by atoms with Crippen LogP contribution in [-0.4, -0.2) is 70.2 Å². The molecule has 1 fully saturated rings. The van der Waals surface area contributed by atoms with Crippen LogP contribution in [0.15, 0.2) is 53.6 Å². The first-order chi connectivity index (χ1) is 15.7. The molecule has 1 saturated heterocycles. The number of nitrogens with zero attached hydrogens (tertiary/aromatic N) is 4. The zero-order chi connectivity index (χ0) is 21.9. The quantitative estimate of drug-likeness (QED) is 0.238. The summed E-state index contributed by atoms with van der Waals surface area (Å²) in [5.41, 5.74) is 1.94. The van der Waals surface area contributed by atoms with E-state index < -0.39 is 0 Å². The van der Waals surface area contributed by atoms with E-state index in [0.717, 1.165) is 53.8 Å². The number of fused-ring (bicyclic) bond motifs is 2. The molecule has 8 heteroatoms. The van der Waals surface area contributed by atoms with E-state index in [4.69, 9.17) is 14.7 Å². The van der Waals surface area contributed by atoms with E-state index >= 15 is 0 Å². The van der Waals surface area contributed by atoms with Gasteiger partial charge in [0.25, 0.3) is 11.8 Å². The van der Waals surface area contributed by atoms with Gasteiger partial charge in [-0.25, -0.2) is 9.97 Å². The van der Waals surface area contributed by atoms with E-state index in [1.54, 1.807) is 36.0 Å². The van der Waals surface area contributed by atoms with Gasteiger partial charge in [-0.2, -0.15) is 0 Å². The molecule has 5 rings (SSSR count). The molecule has 0 aliphatic carbocycles. The first-order valence-corrected chi connectivity index (χ1v) is 11.8. The van der Waals surface area contributed by atoms with Crippen molar-refractivity contribution in [2.45, 2.75) is 18.0 Å². The van der Waals surface area contributed by atoms with Gasteiger partial charge >= 0.3 is 0 Å². The summed E-state index contributed by atoms with van der Waals surface area (Å²) in [5, 5.41) is 1.98. The maximum Gasteiger partial charge on any atom is 0.261 e. The molecule has 164 valence electrons. The zero-order valence-electron chi connectivity index (χ0n) is 17.7. The second-order valence-corrected chi connectivity index (χ2v) is 8.94. The number of carbonyl (C=O) groups is 2. The molecular weight excluding hydrogens is 424 g/mol. The molecule has 2 aliphatic rings. The zero-order valence-corrected chi connectivity index (χ0v) is 18.5. The lowest BCUT2D eigenvalue weighted by molar-refractivity contribution is 0.0330. The SMILES string of the molecule is O=C1c2ccccc2C(=O)N1CCCSc1nc(CN2CCOCC2)nc2ccccc12. The summed E-state index contributed by atoms with van der Waals surface area (Å²) in [5.74, 6) is 1.17. The van der Waals surface area contributed by atoms with Crippen molar-refractivity contribution in [1.29, 1.82) is 0 Å². The van der Waals surface area contributed by atoms with E-state index in [0.29, 0.717) is 30.6 Å². The molecule has 0 atom stereocenters. The molecule has 0 N–H and O–H groups in total. The van der Waals surface area contributed by atoms with E-state index in [2.05, 4.69) is 4.90 Å². The van der Waals surface area contributed by atoms with Crippen LogP contribution in [0.1, 0.15) is 33.0 Å². The Labute approximate surface area is 190 Å². The van der Waals surface area contributed by atoms with Gasteiger partial charge in [0.15, 0.2) is 0 Å². The average molecular weight is 449 g/mol. The number of carbonyl (C=O) groups excluding carboxylic acids is 2. The first-order valence-electron chi connectivity index (χ1n) is 10.8. The predicted octanol–water partition coefficient (Wildman–Crippen LogP) is 3.24. The van der Waals surface area contributed by atoms with Gasteiger partial charge < -0.3 is 4.74 Å². The summed E-state index contributed by atoms with van der Waals surface area (Å²) >= 11 is 1.65. The van der Waals surface area contributed by atoms with Crippen molar-refractivity contribution in [3.63, 3.8) is 0 Å². The molecule has 2 aromatic carbocycles. The fourth-order valence-corrected chi connectivity index (χ4v) is 5.03. The minimum Gasteiger partial charge on any atom is -0.379 e. The number of morpholine rings is 1. The summed E-state index contributed by atoms with van der Waals surface area (Å²) in [4.78, 5) is 38.4. The molecule has 1 aromatic heterocycles. The molecule has 3 heterocycles. The van der Waals surface area contributed by atoms with Crippen molar-refractivity contribution < 1.29 is 14.3 Å². The Morgan fingerprint density at radius 3 is 2.34 bits per heavy atom. The van der Waals surface area contributed by atoms with Gasteiger partial charge in [-0.15, -0.1) is 11.8 Å². The molecule has 32 heavy (non-hydrogen) atoms. The van der Waals surface area contributed by atoms with Crippen LogP contribution in [0, 0.1) is 0 Å². The first kappa shape index (κ1) is 21.1. The van der Waals surface area contributed by atoms with E-state index in [-0.39, 0.29) is 11.8 Å². The number of rotatable bonds is 7. The second kappa shape index (κ2) is 9.36. The minimum atomic E-state index is -0.198. The lowest BCUT2D eigenvalue weighted by Gasteiger charge is -2.25. The van der Waals surface area contributed by atoms with Crippen molar-refractivity contribution in [3.8, 4) is 0 Å². The van der Waals surface area contributed by atoms with Gasteiger partial charge in [-0.3, -0.25) is 19.4 Å². The van der Waals surface area contributed by atoms with Gasteiger partial charge in [0.2, 0.25) is 0 Å². The van der Waals surface area contributed by atoms with Crippen molar-refractivity contribution >= 4 is 34.5 Å². The molecule has 2 amide bonds. The number of thioether (sulfide) groups is 1. The summed E-state index contributed by atoms with van der Waals surface area (Å²) < 4.78 is 5.44. The van der Waals surface area contributed by atoms with Gasteiger partial charge in [0.05, 0.1) is 36.4 Å². The monoisotopic (exact) mass is 448 g/mol. The highest BCUT2D eigenvalue weighted by Crippen LogP contribution is 2.27. The molecular formula is C24H24N4O3S. The summed E-state index contributed by atoms with van der Waals surface area (Å²) in [6, 6.07) is 15.1. The number of hydrogen-bond acceptors (Lipinski definition) is 7. The molecule has 0 saturated carbocycles. The van der Waals surface area contributed by atoms with Crippen molar-refractivity contribution in [1.82, 2.24) is 19.8 Å². The van der Waals surface area contributed by atoms with Crippen LogP contribution in [0.2, 0.25) is 0 Å². The van der Waals surface area contributed by atoms with E-state index in [9.17, 15) is 9.59 Å². The average Bonchev–Trinajstić information content (AvgIpc) is 3.07. The minimum absolute atomic E-state index is 0.198. The summed E-state index contributed by atoms with van der Waals surface area (Å²) in [6.07, 6.45) is 0.702. The Bertz CT molecular complexity index is 1130. The van der Waals surface area contributed by atoms with Gasteiger partial charge in [-0.05, 0) is 24.6 Å². The largest absolute Gasteiger partial charge is 0.379 e. The van der Waals surface area contributed by atoms with Crippen LogP contribution < -0.4 is 0 Å².